The molecule has 2 N–H and O–H groups in total. The van der Waals surface area contributed by atoms with Crippen LogP contribution < -0.4 is 10.6 Å². The highest BCUT2D eigenvalue weighted by molar-refractivity contribution is 5.74. The third-order valence-electron chi connectivity index (χ3n) is 4.31. The number of urea groups is 1. The lowest BCUT2D eigenvalue weighted by Gasteiger charge is -2.33. The van der Waals surface area contributed by atoms with Gasteiger partial charge in [0.25, 0.3) is 0 Å². The van der Waals surface area contributed by atoms with Crippen molar-refractivity contribution < 1.29 is 9.53 Å². The van der Waals surface area contributed by atoms with E-state index < -0.39 is 0 Å². The monoisotopic (exact) mass is 268 g/mol. The molecule has 2 atom stereocenters. The van der Waals surface area contributed by atoms with Crippen LogP contribution in [0.15, 0.2) is 0 Å². The molecule has 6 heteroatoms. The lowest BCUT2D eigenvalue weighted by atomic mass is 10.2. The minimum Gasteiger partial charge on any atom is -0.379 e. The van der Waals surface area contributed by atoms with E-state index in [4.69, 9.17) is 4.74 Å². The first-order chi connectivity index (χ1) is 9.31. The molecule has 0 radical (unpaired) electrons. The van der Waals surface area contributed by atoms with E-state index >= 15 is 0 Å². The molecular formula is C13H24N4O2. The van der Waals surface area contributed by atoms with Gasteiger partial charge < -0.3 is 20.3 Å². The minimum absolute atomic E-state index is 0.103. The average Bonchev–Trinajstić information content (AvgIpc) is 2.78. The van der Waals surface area contributed by atoms with Gasteiger partial charge in [-0.3, -0.25) is 4.90 Å². The molecule has 2 bridgehead atoms. The van der Waals surface area contributed by atoms with Crippen molar-refractivity contribution in [2.45, 2.75) is 24.9 Å². The fourth-order valence-electron chi connectivity index (χ4n) is 3.22. The van der Waals surface area contributed by atoms with E-state index in [-0.39, 0.29) is 6.03 Å². The molecule has 0 aromatic carbocycles. The molecule has 0 aliphatic carbocycles. The number of nitrogens with zero attached hydrogens (tertiary/aromatic N) is 2. The van der Waals surface area contributed by atoms with Crippen molar-refractivity contribution in [1.82, 2.24) is 20.4 Å². The number of amides is 2. The Morgan fingerprint density at radius 2 is 1.89 bits per heavy atom. The van der Waals surface area contributed by atoms with Crippen LogP contribution in [0.5, 0.6) is 0 Å². The zero-order valence-corrected chi connectivity index (χ0v) is 11.4. The maximum absolute atomic E-state index is 12.1. The predicted octanol–water partition coefficient (Wildman–Crippen LogP) is -0.536. The van der Waals surface area contributed by atoms with Gasteiger partial charge in [-0.15, -0.1) is 0 Å². The van der Waals surface area contributed by atoms with Crippen LogP contribution >= 0.6 is 0 Å². The van der Waals surface area contributed by atoms with Crippen molar-refractivity contribution in [1.29, 1.82) is 0 Å². The van der Waals surface area contributed by atoms with Gasteiger partial charge in [-0.1, -0.05) is 0 Å². The predicted molar refractivity (Wildman–Crippen MR) is 72.2 cm³/mol. The number of piperazine rings is 1. The molecular weight excluding hydrogens is 244 g/mol. The SMILES string of the molecule is O=C(NCCN1CCOCC1)N1CC2CCC(C1)N2. The molecule has 3 rings (SSSR count). The van der Waals surface area contributed by atoms with Crippen molar-refractivity contribution in [3.63, 3.8) is 0 Å². The number of nitrogens with one attached hydrogen (secondary N) is 2. The smallest absolute Gasteiger partial charge is 0.317 e. The summed E-state index contributed by atoms with van der Waals surface area (Å²) in [5, 5.41) is 6.58. The molecule has 108 valence electrons. The second kappa shape index (κ2) is 6.07. The van der Waals surface area contributed by atoms with E-state index in [9.17, 15) is 4.79 Å². The Morgan fingerprint density at radius 1 is 1.21 bits per heavy atom. The number of carbonyl (C=O) groups is 1. The summed E-state index contributed by atoms with van der Waals surface area (Å²) in [6.45, 7) is 6.97. The standard InChI is InChI=1S/C13H24N4O2/c18-13(14-3-4-16-5-7-19-8-6-16)17-9-11-1-2-12(10-17)15-11/h11-12,15H,1-10H2,(H,14,18). The van der Waals surface area contributed by atoms with E-state index in [2.05, 4.69) is 15.5 Å². The Kier molecular flexibility index (Phi) is 4.20. The third kappa shape index (κ3) is 3.38. The molecule has 0 aromatic heterocycles. The Balaban J connectivity index is 1.36. The number of carbonyl (C=O) groups excluding carboxylic acids is 1. The quantitative estimate of drug-likeness (QED) is 0.722. The van der Waals surface area contributed by atoms with E-state index in [1.165, 1.54) is 12.8 Å². The van der Waals surface area contributed by atoms with Crippen LogP contribution in [-0.2, 0) is 4.74 Å². The van der Waals surface area contributed by atoms with Gasteiger partial charge in [-0.2, -0.15) is 0 Å². The summed E-state index contributed by atoms with van der Waals surface area (Å²) < 4.78 is 5.31. The minimum atomic E-state index is 0.103. The molecule has 3 fully saturated rings. The summed E-state index contributed by atoms with van der Waals surface area (Å²) >= 11 is 0. The van der Waals surface area contributed by atoms with Crippen molar-refractivity contribution in [3.05, 3.63) is 0 Å². The van der Waals surface area contributed by atoms with Gasteiger partial charge in [-0.25, -0.2) is 4.79 Å². The number of rotatable bonds is 3. The maximum Gasteiger partial charge on any atom is 0.317 e. The van der Waals surface area contributed by atoms with Crippen LogP contribution in [0.2, 0.25) is 0 Å². The summed E-state index contributed by atoms with van der Waals surface area (Å²) in [6.07, 6.45) is 2.42. The fraction of sp³-hybridized carbons (Fsp3) is 0.923. The second-order valence-corrected chi connectivity index (χ2v) is 5.73. The Hall–Kier alpha value is -0.850. The molecule has 3 saturated heterocycles. The summed E-state index contributed by atoms with van der Waals surface area (Å²) in [5.41, 5.74) is 0. The van der Waals surface area contributed by atoms with Gasteiger partial charge in [-0.05, 0) is 12.8 Å². The van der Waals surface area contributed by atoms with Gasteiger partial charge in [0, 0.05) is 51.4 Å². The third-order valence-corrected chi connectivity index (χ3v) is 4.31. The first-order valence-corrected chi connectivity index (χ1v) is 7.40. The van der Waals surface area contributed by atoms with Crippen molar-refractivity contribution in [2.75, 3.05) is 52.5 Å². The van der Waals surface area contributed by atoms with Crippen LogP contribution in [0.1, 0.15) is 12.8 Å². The molecule has 3 aliphatic heterocycles. The fourth-order valence-corrected chi connectivity index (χ4v) is 3.22. The molecule has 0 aromatic rings. The Labute approximate surface area is 114 Å². The molecule has 3 aliphatic rings. The van der Waals surface area contributed by atoms with E-state index in [1.54, 1.807) is 0 Å². The van der Waals surface area contributed by atoms with E-state index in [1.807, 2.05) is 4.90 Å². The Morgan fingerprint density at radius 3 is 2.58 bits per heavy atom. The molecule has 3 heterocycles. The zero-order chi connectivity index (χ0) is 13.1. The number of fused-ring (bicyclic) bond motifs is 2. The Bertz CT molecular complexity index is 308. The van der Waals surface area contributed by atoms with Gasteiger partial charge in [0.1, 0.15) is 0 Å². The number of likely N-dealkylation sites (tertiary alicyclic amines) is 1. The lowest BCUT2D eigenvalue weighted by Crippen LogP contribution is -2.56. The topological polar surface area (TPSA) is 56.8 Å². The molecule has 2 unspecified atom stereocenters. The molecule has 2 amide bonds. The number of hydrogen-bond donors (Lipinski definition) is 2. The van der Waals surface area contributed by atoms with E-state index in [0.717, 1.165) is 52.5 Å². The van der Waals surface area contributed by atoms with Gasteiger partial charge in [0.15, 0.2) is 0 Å². The molecule has 0 spiro atoms. The highest BCUT2D eigenvalue weighted by Gasteiger charge is 2.34. The second-order valence-electron chi connectivity index (χ2n) is 5.73. The van der Waals surface area contributed by atoms with Crippen LogP contribution in [0.25, 0.3) is 0 Å². The largest absolute Gasteiger partial charge is 0.379 e. The molecule has 6 nitrogen and oxygen atoms in total. The highest BCUT2D eigenvalue weighted by atomic mass is 16.5. The van der Waals surface area contributed by atoms with Gasteiger partial charge in [0.2, 0.25) is 0 Å². The van der Waals surface area contributed by atoms with E-state index in [0.29, 0.717) is 12.1 Å². The summed E-state index contributed by atoms with van der Waals surface area (Å²) in [5.74, 6) is 0. The van der Waals surface area contributed by atoms with Crippen LogP contribution in [0, 0.1) is 0 Å². The van der Waals surface area contributed by atoms with Crippen molar-refractivity contribution in [2.24, 2.45) is 0 Å². The summed E-state index contributed by atoms with van der Waals surface area (Å²) in [7, 11) is 0. The van der Waals surface area contributed by atoms with Crippen LogP contribution in [-0.4, -0.2) is 80.4 Å². The van der Waals surface area contributed by atoms with Crippen molar-refractivity contribution >= 4 is 6.03 Å². The number of morpholine rings is 1. The van der Waals surface area contributed by atoms with Gasteiger partial charge >= 0.3 is 6.03 Å². The van der Waals surface area contributed by atoms with Crippen molar-refractivity contribution in [3.8, 4) is 0 Å². The number of hydrogen-bond acceptors (Lipinski definition) is 4. The summed E-state index contributed by atoms with van der Waals surface area (Å²) in [4.78, 5) is 16.4. The molecule has 0 saturated carbocycles. The van der Waals surface area contributed by atoms with Crippen LogP contribution in [0.3, 0.4) is 0 Å². The lowest BCUT2D eigenvalue weighted by molar-refractivity contribution is 0.0385. The molecule has 19 heavy (non-hydrogen) atoms. The van der Waals surface area contributed by atoms with Crippen LogP contribution in [0.4, 0.5) is 4.79 Å². The zero-order valence-electron chi connectivity index (χ0n) is 11.4. The first kappa shape index (κ1) is 13.1. The summed E-state index contributed by atoms with van der Waals surface area (Å²) in [6, 6.07) is 1.14. The van der Waals surface area contributed by atoms with Gasteiger partial charge in [0.05, 0.1) is 13.2 Å². The number of ether oxygens (including phenoxy) is 1. The first-order valence-electron chi connectivity index (χ1n) is 7.40. The highest BCUT2D eigenvalue weighted by Crippen LogP contribution is 2.19. The normalized spacial score (nSPS) is 31.5. The average molecular weight is 268 g/mol. The maximum atomic E-state index is 12.1.